The van der Waals surface area contributed by atoms with Crippen LogP contribution >= 0.6 is 27.7 Å². The van der Waals surface area contributed by atoms with Crippen molar-refractivity contribution in [1.82, 2.24) is 5.32 Å². The van der Waals surface area contributed by atoms with Crippen LogP contribution < -0.4 is 10.1 Å². The molecule has 1 saturated heterocycles. The summed E-state index contributed by atoms with van der Waals surface area (Å²) in [5, 5.41) is 12.7. The van der Waals surface area contributed by atoms with Crippen molar-refractivity contribution in [2.24, 2.45) is 4.99 Å². The Bertz CT molecular complexity index is 1290. The maximum atomic E-state index is 12.6. The average molecular weight is 518 g/mol. The van der Waals surface area contributed by atoms with Crippen LogP contribution in [0.2, 0.25) is 0 Å². The monoisotopic (exact) mass is 517 g/mol. The third-order valence-corrected chi connectivity index (χ3v) is 6.41. The van der Waals surface area contributed by atoms with Crippen molar-refractivity contribution in [2.75, 3.05) is 0 Å². The Morgan fingerprint density at radius 1 is 1.15 bits per heavy atom. The van der Waals surface area contributed by atoms with Gasteiger partial charge in [0.1, 0.15) is 12.4 Å². The number of amides is 1. The summed E-state index contributed by atoms with van der Waals surface area (Å²) in [4.78, 5) is 17.6. The van der Waals surface area contributed by atoms with Crippen molar-refractivity contribution >= 4 is 50.5 Å². The zero-order valence-electron chi connectivity index (χ0n) is 17.8. The fraction of sp³-hybridized carbons (Fsp3) is 0.115. The van der Waals surface area contributed by atoms with Crippen LogP contribution in [0.5, 0.6) is 5.75 Å². The minimum atomic E-state index is -0.204. The summed E-state index contributed by atoms with van der Waals surface area (Å²) in [5.74, 6) is 0.414. The van der Waals surface area contributed by atoms with Gasteiger partial charge in [-0.25, -0.2) is 4.99 Å². The molecule has 1 fully saturated rings. The zero-order valence-corrected chi connectivity index (χ0v) is 20.2. The second kappa shape index (κ2) is 10.5. The molecule has 1 amide bonds. The maximum absolute atomic E-state index is 12.6. The molecule has 1 heterocycles. The van der Waals surface area contributed by atoms with Crippen molar-refractivity contribution in [2.45, 2.75) is 20.0 Å². The predicted octanol–water partition coefficient (Wildman–Crippen LogP) is 6.35. The van der Waals surface area contributed by atoms with Gasteiger partial charge in [0.2, 0.25) is 0 Å². The highest BCUT2D eigenvalue weighted by Crippen LogP contribution is 2.32. The molecule has 1 aliphatic heterocycles. The summed E-state index contributed by atoms with van der Waals surface area (Å²) >= 11 is 4.78. The Morgan fingerprint density at radius 2 is 1.94 bits per heavy atom. The Balaban J connectivity index is 1.55. The first kappa shape index (κ1) is 22.8. The number of carbonyl (C=O) groups is 1. The van der Waals surface area contributed by atoms with Crippen LogP contribution in [0.1, 0.15) is 29.2 Å². The van der Waals surface area contributed by atoms with Gasteiger partial charge in [-0.2, -0.15) is 5.26 Å². The number of rotatable bonds is 6. The van der Waals surface area contributed by atoms with Crippen molar-refractivity contribution < 1.29 is 9.53 Å². The van der Waals surface area contributed by atoms with Crippen molar-refractivity contribution in [3.8, 4) is 11.8 Å². The van der Waals surface area contributed by atoms with E-state index in [0.29, 0.717) is 21.4 Å². The van der Waals surface area contributed by atoms with Gasteiger partial charge in [0.25, 0.3) is 5.91 Å². The van der Waals surface area contributed by atoms with E-state index in [1.807, 2.05) is 60.7 Å². The largest absolute Gasteiger partial charge is 0.488 e. The van der Waals surface area contributed by atoms with Crippen LogP contribution in [-0.4, -0.2) is 11.1 Å². The third-order valence-electron chi connectivity index (χ3n) is 5.01. The van der Waals surface area contributed by atoms with Crippen LogP contribution in [0, 0.1) is 11.3 Å². The Morgan fingerprint density at radius 3 is 2.70 bits per heavy atom. The van der Waals surface area contributed by atoms with Crippen molar-refractivity contribution in [1.29, 1.82) is 5.26 Å². The molecule has 0 aliphatic carbocycles. The molecule has 4 rings (SSSR count). The summed E-state index contributed by atoms with van der Waals surface area (Å²) < 4.78 is 6.89. The Hall–Kier alpha value is -3.34. The minimum Gasteiger partial charge on any atom is -0.488 e. The molecule has 1 N–H and O–H groups in total. The van der Waals surface area contributed by atoms with Gasteiger partial charge in [-0.05, 0) is 66.2 Å². The summed E-state index contributed by atoms with van der Waals surface area (Å²) in [6, 6.07) is 23.1. The molecule has 0 unspecified atom stereocenters. The van der Waals surface area contributed by atoms with E-state index < -0.39 is 0 Å². The number of ether oxygens (including phenoxy) is 1. The van der Waals surface area contributed by atoms with Crippen molar-refractivity contribution in [3.05, 3.63) is 98.4 Å². The Kier molecular flexibility index (Phi) is 7.28. The number of aryl methyl sites for hydroxylation is 1. The first-order valence-electron chi connectivity index (χ1n) is 10.3. The van der Waals surface area contributed by atoms with Crippen molar-refractivity contribution in [3.63, 3.8) is 0 Å². The number of benzene rings is 3. The molecule has 164 valence electrons. The molecule has 0 radical (unpaired) electrons. The quantitative estimate of drug-likeness (QED) is 0.386. The molecule has 3 aromatic carbocycles. The number of halogens is 1. The fourth-order valence-corrected chi connectivity index (χ4v) is 4.43. The predicted molar refractivity (Wildman–Crippen MR) is 136 cm³/mol. The molecule has 0 bridgehead atoms. The Labute approximate surface area is 205 Å². The van der Waals surface area contributed by atoms with Crippen LogP contribution in [0.3, 0.4) is 0 Å². The smallest absolute Gasteiger partial charge is 0.264 e. The summed E-state index contributed by atoms with van der Waals surface area (Å²) in [6.45, 7) is 2.36. The second-order valence-electron chi connectivity index (χ2n) is 7.24. The second-order valence-corrected chi connectivity index (χ2v) is 9.19. The van der Waals surface area contributed by atoms with E-state index in [1.54, 1.807) is 12.1 Å². The molecule has 1 aliphatic rings. The number of nitrogens with zero attached hydrogens (tertiary/aromatic N) is 2. The van der Waals surface area contributed by atoms with E-state index in [4.69, 9.17) is 4.74 Å². The van der Waals surface area contributed by atoms with Crippen LogP contribution in [-0.2, 0) is 17.8 Å². The van der Waals surface area contributed by atoms with Crippen LogP contribution in [0.25, 0.3) is 6.08 Å². The normalized spacial score (nSPS) is 15.5. The van der Waals surface area contributed by atoms with Gasteiger partial charge in [-0.3, -0.25) is 4.79 Å². The molecule has 0 spiro atoms. The van der Waals surface area contributed by atoms with E-state index in [1.165, 1.54) is 17.3 Å². The number of nitrogens with one attached hydrogen (secondary N) is 1. The first-order valence-corrected chi connectivity index (χ1v) is 12.0. The van der Waals surface area contributed by atoms with E-state index in [9.17, 15) is 10.1 Å². The van der Waals surface area contributed by atoms with Gasteiger partial charge in [0.05, 0.1) is 22.2 Å². The molecule has 7 heteroatoms. The lowest BCUT2D eigenvalue weighted by Gasteiger charge is -2.11. The molecule has 0 saturated carbocycles. The van der Waals surface area contributed by atoms with Gasteiger partial charge in [0.15, 0.2) is 5.17 Å². The fourth-order valence-electron chi connectivity index (χ4n) is 3.22. The summed E-state index contributed by atoms with van der Waals surface area (Å²) in [6.07, 6.45) is 2.76. The van der Waals surface area contributed by atoms with Gasteiger partial charge < -0.3 is 10.1 Å². The zero-order chi connectivity index (χ0) is 23.2. The molecule has 0 aromatic heterocycles. The molecular formula is C26H20BrN3O2S. The number of hydrogen-bond donors (Lipinski definition) is 1. The van der Waals surface area contributed by atoms with Crippen LogP contribution in [0.4, 0.5) is 5.69 Å². The lowest BCUT2D eigenvalue weighted by atomic mass is 10.1. The lowest BCUT2D eigenvalue weighted by molar-refractivity contribution is -0.115. The number of carbonyl (C=O) groups excluding carboxylic acids is 1. The highest BCUT2D eigenvalue weighted by molar-refractivity contribution is 9.10. The number of amidine groups is 1. The third kappa shape index (κ3) is 5.72. The molecule has 0 atom stereocenters. The van der Waals surface area contributed by atoms with E-state index in [2.05, 4.69) is 39.2 Å². The average Bonchev–Trinajstić information content (AvgIpc) is 3.17. The molecule has 33 heavy (non-hydrogen) atoms. The molecular weight excluding hydrogens is 498 g/mol. The molecule has 3 aromatic rings. The topological polar surface area (TPSA) is 74.5 Å². The first-order chi connectivity index (χ1) is 16.1. The summed E-state index contributed by atoms with van der Waals surface area (Å²) in [7, 11) is 0. The maximum Gasteiger partial charge on any atom is 0.264 e. The number of nitriles is 1. The van der Waals surface area contributed by atoms with Gasteiger partial charge in [-0.15, -0.1) is 0 Å². The number of hydrogen-bond acceptors (Lipinski definition) is 5. The highest BCUT2D eigenvalue weighted by atomic mass is 79.9. The van der Waals surface area contributed by atoms with E-state index >= 15 is 0 Å². The van der Waals surface area contributed by atoms with Gasteiger partial charge in [0, 0.05) is 15.6 Å². The van der Waals surface area contributed by atoms with Gasteiger partial charge >= 0.3 is 0 Å². The van der Waals surface area contributed by atoms with E-state index in [0.717, 1.165) is 27.7 Å². The number of thioether (sulfide) groups is 1. The lowest BCUT2D eigenvalue weighted by Crippen LogP contribution is -2.19. The molecule has 5 nitrogen and oxygen atoms in total. The highest BCUT2D eigenvalue weighted by Gasteiger charge is 2.24. The van der Waals surface area contributed by atoms with Gasteiger partial charge in [-0.1, -0.05) is 53.2 Å². The number of aliphatic imine (C=N–C) groups is 1. The standard InChI is InChI=1S/C26H20BrN3O2S/c1-2-17-7-10-22(11-8-17)29-26-30-25(31)24(33-26)14-20-13-21(27)9-12-23(20)32-16-19-6-4-3-5-18(19)15-28/h3-14H,2,16H2,1H3,(H,29,30,31)/b24-14-. The minimum absolute atomic E-state index is 0.204. The SMILES string of the molecule is CCc1ccc(N=C2NC(=O)/C(=C/c3cc(Br)ccc3OCc3ccccc3C#N)S2)cc1. The summed E-state index contributed by atoms with van der Waals surface area (Å²) in [5.41, 5.74) is 4.16. The van der Waals surface area contributed by atoms with Crippen LogP contribution in [0.15, 0.2) is 81.1 Å². The van der Waals surface area contributed by atoms with E-state index in [-0.39, 0.29) is 12.5 Å².